The zero-order valence-electron chi connectivity index (χ0n) is 12.2. The van der Waals surface area contributed by atoms with Crippen molar-refractivity contribution in [2.45, 2.75) is 25.9 Å². The number of methoxy groups -OCH3 is 1. The van der Waals surface area contributed by atoms with Gasteiger partial charge in [-0.15, -0.1) is 0 Å². The Balaban J connectivity index is 2.24. The Morgan fingerprint density at radius 1 is 1.43 bits per heavy atom. The summed E-state index contributed by atoms with van der Waals surface area (Å²) in [4.78, 5) is 10.5. The maximum Gasteiger partial charge on any atom is 0.273 e. The molecule has 21 heavy (non-hydrogen) atoms. The number of rotatable bonds is 6. The fourth-order valence-corrected chi connectivity index (χ4v) is 2.18. The lowest BCUT2D eigenvalue weighted by Gasteiger charge is -2.07. The average Bonchev–Trinajstić information content (AvgIpc) is 2.94. The fourth-order valence-electron chi connectivity index (χ4n) is 2.18. The topological polar surface area (TPSA) is 83.3 Å². The van der Waals surface area contributed by atoms with Crippen molar-refractivity contribution in [3.05, 3.63) is 57.9 Å². The Morgan fingerprint density at radius 2 is 2.19 bits per heavy atom. The van der Waals surface area contributed by atoms with E-state index in [9.17, 15) is 10.1 Å². The van der Waals surface area contributed by atoms with Crippen LogP contribution in [-0.2, 0) is 6.54 Å². The second-order valence-corrected chi connectivity index (χ2v) is 4.93. The zero-order valence-corrected chi connectivity index (χ0v) is 12.2. The number of nitro benzene ring substituents is 1. The van der Waals surface area contributed by atoms with Crippen LogP contribution in [0.25, 0.3) is 0 Å². The van der Waals surface area contributed by atoms with Crippen molar-refractivity contribution in [1.82, 2.24) is 4.57 Å². The Labute approximate surface area is 123 Å². The molecule has 2 N–H and O–H groups in total. The normalized spacial score (nSPS) is 12.1. The molecule has 2 aromatic rings. The van der Waals surface area contributed by atoms with Crippen LogP contribution in [0.1, 0.15) is 30.5 Å². The first-order chi connectivity index (χ1) is 10.0. The zero-order chi connectivity index (χ0) is 15.4. The van der Waals surface area contributed by atoms with E-state index in [1.807, 2.05) is 30.0 Å². The van der Waals surface area contributed by atoms with Gasteiger partial charge in [0.15, 0.2) is 0 Å². The maximum atomic E-state index is 10.9. The summed E-state index contributed by atoms with van der Waals surface area (Å²) in [5.41, 5.74) is 7.90. The highest BCUT2D eigenvalue weighted by Crippen LogP contribution is 2.23. The lowest BCUT2D eigenvalue weighted by atomic mass is 10.1. The van der Waals surface area contributed by atoms with E-state index in [1.165, 1.54) is 13.2 Å². The molecule has 0 bridgehead atoms. The van der Waals surface area contributed by atoms with E-state index in [-0.39, 0.29) is 11.7 Å². The molecule has 6 heteroatoms. The summed E-state index contributed by atoms with van der Waals surface area (Å²) >= 11 is 0. The second-order valence-electron chi connectivity index (χ2n) is 4.93. The van der Waals surface area contributed by atoms with Crippen LogP contribution >= 0.6 is 0 Å². The first kappa shape index (κ1) is 15.1. The number of nitrogens with zero attached hydrogens (tertiary/aromatic N) is 2. The highest BCUT2D eigenvalue weighted by molar-refractivity contribution is 5.43. The van der Waals surface area contributed by atoms with E-state index in [0.717, 1.165) is 17.5 Å². The highest BCUT2D eigenvalue weighted by atomic mass is 16.6. The number of nitro groups is 1. The van der Waals surface area contributed by atoms with Crippen LogP contribution in [0, 0.1) is 10.1 Å². The van der Waals surface area contributed by atoms with E-state index < -0.39 is 4.92 Å². The van der Waals surface area contributed by atoms with Gasteiger partial charge in [-0.1, -0.05) is 6.92 Å². The molecule has 112 valence electrons. The summed E-state index contributed by atoms with van der Waals surface area (Å²) in [5, 5.41) is 10.9. The van der Waals surface area contributed by atoms with Gasteiger partial charge in [0, 0.05) is 31.0 Å². The third-order valence-corrected chi connectivity index (χ3v) is 3.40. The maximum absolute atomic E-state index is 10.9. The molecule has 1 aromatic heterocycles. The number of non-ortho nitro benzene ring substituents is 1. The van der Waals surface area contributed by atoms with E-state index in [0.29, 0.717) is 12.3 Å². The molecule has 1 heterocycles. The Kier molecular flexibility index (Phi) is 4.59. The summed E-state index contributed by atoms with van der Waals surface area (Å²) < 4.78 is 7.07. The SMILES string of the molecule is CCC(N)c1ccn(Cc2cc(OC)cc([N+](=O)[O-])c2)c1. The van der Waals surface area contributed by atoms with Crippen LogP contribution in [0.4, 0.5) is 5.69 Å². The molecule has 0 saturated carbocycles. The van der Waals surface area contributed by atoms with Gasteiger partial charge in [0.25, 0.3) is 5.69 Å². The highest BCUT2D eigenvalue weighted by Gasteiger charge is 2.11. The summed E-state index contributed by atoms with van der Waals surface area (Å²) in [5.74, 6) is 0.483. The van der Waals surface area contributed by atoms with Crippen LogP contribution < -0.4 is 10.5 Å². The minimum absolute atomic E-state index is 0.0193. The third kappa shape index (κ3) is 3.61. The third-order valence-electron chi connectivity index (χ3n) is 3.40. The minimum Gasteiger partial charge on any atom is -0.496 e. The predicted octanol–water partition coefficient (Wildman–Crippen LogP) is 2.86. The summed E-state index contributed by atoms with van der Waals surface area (Å²) in [7, 11) is 1.50. The predicted molar refractivity (Wildman–Crippen MR) is 80.4 cm³/mol. The molecule has 0 amide bonds. The molecule has 0 spiro atoms. The van der Waals surface area contributed by atoms with Gasteiger partial charge in [0.05, 0.1) is 18.1 Å². The smallest absolute Gasteiger partial charge is 0.273 e. The van der Waals surface area contributed by atoms with Gasteiger partial charge < -0.3 is 15.0 Å². The Hall–Kier alpha value is -2.34. The molecule has 0 aliphatic heterocycles. The molecule has 0 aliphatic rings. The Bertz CT molecular complexity index is 637. The van der Waals surface area contributed by atoms with Crippen LogP contribution in [0.3, 0.4) is 0 Å². The summed E-state index contributed by atoms with van der Waals surface area (Å²) in [6, 6.07) is 6.76. The van der Waals surface area contributed by atoms with E-state index in [4.69, 9.17) is 10.5 Å². The van der Waals surface area contributed by atoms with Crippen molar-refractivity contribution in [1.29, 1.82) is 0 Å². The monoisotopic (exact) mass is 289 g/mol. The number of benzene rings is 1. The standard InChI is InChI=1S/C15H19N3O3/c1-3-15(16)12-4-5-17(10-12)9-11-6-13(18(19)20)8-14(7-11)21-2/h4-8,10,15H,3,9,16H2,1-2H3. The first-order valence-electron chi connectivity index (χ1n) is 6.77. The molecular formula is C15H19N3O3. The van der Waals surface area contributed by atoms with Crippen molar-refractivity contribution in [2.24, 2.45) is 5.73 Å². The fraction of sp³-hybridized carbons (Fsp3) is 0.333. The molecular weight excluding hydrogens is 270 g/mol. The molecule has 1 aromatic carbocycles. The van der Waals surface area contributed by atoms with E-state index in [1.54, 1.807) is 12.1 Å². The minimum atomic E-state index is -0.417. The molecule has 1 unspecified atom stereocenters. The van der Waals surface area contributed by atoms with Crippen molar-refractivity contribution in [3.8, 4) is 5.75 Å². The Morgan fingerprint density at radius 3 is 2.81 bits per heavy atom. The van der Waals surface area contributed by atoms with Crippen molar-refractivity contribution >= 4 is 5.69 Å². The number of aromatic nitrogens is 1. The lowest BCUT2D eigenvalue weighted by molar-refractivity contribution is -0.385. The van der Waals surface area contributed by atoms with Gasteiger partial charge in [-0.05, 0) is 29.7 Å². The van der Waals surface area contributed by atoms with Gasteiger partial charge in [-0.3, -0.25) is 10.1 Å². The average molecular weight is 289 g/mol. The molecule has 6 nitrogen and oxygen atoms in total. The lowest BCUT2D eigenvalue weighted by Crippen LogP contribution is -2.07. The number of nitrogens with two attached hydrogens (primary N) is 1. The van der Waals surface area contributed by atoms with Crippen molar-refractivity contribution in [3.63, 3.8) is 0 Å². The number of hydrogen-bond donors (Lipinski definition) is 1. The van der Waals surface area contributed by atoms with Crippen LogP contribution in [0.15, 0.2) is 36.7 Å². The van der Waals surface area contributed by atoms with Gasteiger partial charge in [-0.2, -0.15) is 0 Å². The summed E-state index contributed by atoms with van der Waals surface area (Å²) in [6.07, 6.45) is 4.77. The van der Waals surface area contributed by atoms with Gasteiger partial charge in [-0.25, -0.2) is 0 Å². The van der Waals surface area contributed by atoms with Gasteiger partial charge in [0.1, 0.15) is 5.75 Å². The van der Waals surface area contributed by atoms with E-state index in [2.05, 4.69) is 0 Å². The first-order valence-corrected chi connectivity index (χ1v) is 6.77. The van der Waals surface area contributed by atoms with Gasteiger partial charge in [0.2, 0.25) is 0 Å². The molecule has 0 saturated heterocycles. The molecule has 0 fully saturated rings. The molecule has 0 aliphatic carbocycles. The van der Waals surface area contributed by atoms with Crippen LogP contribution in [0.5, 0.6) is 5.75 Å². The largest absolute Gasteiger partial charge is 0.496 e. The van der Waals surface area contributed by atoms with Crippen LogP contribution in [-0.4, -0.2) is 16.6 Å². The molecule has 0 radical (unpaired) electrons. The number of ether oxygens (including phenoxy) is 1. The molecule has 1 atom stereocenters. The second kappa shape index (κ2) is 6.41. The van der Waals surface area contributed by atoms with E-state index >= 15 is 0 Å². The van der Waals surface area contributed by atoms with Gasteiger partial charge >= 0.3 is 0 Å². The molecule has 2 rings (SSSR count). The van der Waals surface area contributed by atoms with Crippen molar-refractivity contribution in [2.75, 3.05) is 7.11 Å². The summed E-state index contributed by atoms with van der Waals surface area (Å²) in [6.45, 7) is 2.57. The van der Waals surface area contributed by atoms with Crippen LogP contribution in [0.2, 0.25) is 0 Å². The number of hydrogen-bond acceptors (Lipinski definition) is 4. The van der Waals surface area contributed by atoms with Crippen molar-refractivity contribution < 1.29 is 9.66 Å². The quantitative estimate of drug-likeness (QED) is 0.654.